The van der Waals surface area contributed by atoms with Crippen LogP contribution in [0.2, 0.25) is 0 Å². The van der Waals surface area contributed by atoms with Gasteiger partial charge in [0.05, 0.1) is 7.11 Å². The first-order chi connectivity index (χ1) is 11.3. The number of anilines is 1. The van der Waals surface area contributed by atoms with Crippen LogP contribution in [0.1, 0.15) is 38.3 Å². The maximum atomic E-state index is 12.0. The molecule has 2 N–H and O–H groups in total. The molecule has 1 aromatic carbocycles. The van der Waals surface area contributed by atoms with Crippen molar-refractivity contribution < 1.29 is 19.1 Å². The topological polar surface area (TPSA) is 76.7 Å². The molecular weight excluding hydrogens is 308 g/mol. The second kappa shape index (κ2) is 7.55. The van der Waals surface area contributed by atoms with Crippen LogP contribution in [0.3, 0.4) is 0 Å². The zero-order valence-electron chi connectivity index (χ0n) is 14.8. The van der Waals surface area contributed by atoms with E-state index in [-0.39, 0.29) is 0 Å². The number of amides is 1. The minimum absolute atomic E-state index is 0.360. The maximum Gasteiger partial charge on any atom is 0.408 e. The third kappa shape index (κ3) is 5.15. The van der Waals surface area contributed by atoms with E-state index in [4.69, 9.17) is 9.47 Å². The fraction of sp³-hybridized carbons (Fsp3) is 0.556. The fourth-order valence-corrected chi connectivity index (χ4v) is 2.68. The Kier molecular flexibility index (Phi) is 5.70. The Balaban J connectivity index is 2.08. The van der Waals surface area contributed by atoms with Gasteiger partial charge < -0.3 is 20.1 Å². The molecule has 6 heteroatoms. The standard InChI is InChI=1S/C18H26N2O4/c1-18(2,3)24-17(22)20-15(16(21)23-4)11-12-7-8-14-13(10-12)6-5-9-19-14/h7-8,10,15,19H,5-6,9,11H2,1-4H3,(H,20,22)/t15-/m0/s1. The van der Waals surface area contributed by atoms with Gasteiger partial charge in [-0.1, -0.05) is 12.1 Å². The number of aryl methyl sites for hydroxylation is 1. The van der Waals surface area contributed by atoms with E-state index in [0.29, 0.717) is 6.42 Å². The Morgan fingerprint density at radius 2 is 2.08 bits per heavy atom. The van der Waals surface area contributed by atoms with Crippen LogP contribution >= 0.6 is 0 Å². The van der Waals surface area contributed by atoms with Crippen molar-refractivity contribution in [2.45, 2.75) is 51.7 Å². The summed E-state index contributed by atoms with van der Waals surface area (Å²) in [6.45, 7) is 6.31. The lowest BCUT2D eigenvalue weighted by Gasteiger charge is -2.23. The molecule has 1 atom stereocenters. The molecule has 0 aliphatic carbocycles. The van der Waals surface area contributed by atoms with Gasteiger partial charge in [-0.05, 0) is 50.8 Å². The number of nitrogens with one attached hydrogen (secondary N) is 2. The Morgan fingerprint density at radius 3 is 2.75 bits per heavy atom. The smallest absolute Gasteiger partial charge is 0.408 e. The molecular formula is C18H26N2O4. The van der Waals surface area contributed by atoms with Gasteiger partial charge in [-0.3, -0.25) is 0 Å². The predicted molar refractivity (Wildman–Crippen MR) is 92.1 cm³/mol. The van der Waals surface area contributed by atoms with Gasteiger partial charge in [0.2, 0.25) is 0 Å². The molecule has 6 nitrogen and oxygen atoms in total. The molecule has 1 aliphatic rings. The molecule has 0 aromatic heterocycles. The molecule has 0 unspecified atom stereocenters. The summed E-state index contributed by atoms with van der Waals surface area (Å²) in [5, 5.41) is 5.96. The van der Waals surface area contributed by atoms with Gasteiger partial charge in [-0.2, -0.15) is 0 Å². The van der Waals surface area contributed by atoms with Crippen molar-refractivity contribution in [1.82, 2.24) is 5.32 Å². The summed E-state index contributed by atoms with van der Waals surface area (Å²) in [6.07, 6.45) is 1.84. The lowest BCUT2D eigenvalue weighted by Crippen LogP contribution is -2.45. The Bertz CT molecular complexity index is 608. The molecule has 1 amide bonds. The second-order valence-corrected chi connectivity index (χ2v) is 6.95. The molecule has 0 spiro atoms. The van der Waals surface area contributed by atoms with E-state index in [1.807, 2.05) is 12.1 Å². The molecule has 2 rings (SSSR count). The molecule has 0 bridgehead atoms. The van der Waals surface area contributed by atoms with E-state index >= 15 is 0 Å². The van der Waals surface area contributed by atoms with Crippen LogP contribution in [-0.4, -0.2) is 37.4 Å². The van der Waals surface area contributed by atoms with Gasteiger partial charge >= 0.3 is 12.1 Å². The molecule has 1 heterocycles. The SMILES string of the molecule is COC(=O)[C@H](Cc1ccc2c(c1)CCCN2)NC(=O)OC(C)(C)C. The van der Waals surface area contributed by atoms with Crippen LogP contribution in [0, 0.1) is 0 Å². The van der Waals surface area contributed by atoms with E-state index in [0.717, 1.165) is 30.6 Å². The van der Waals surface area contributed by atoms with Crippen LogP contribution < -0.4 is 10.6 Å². The molecule has 0 fully saturated rings. The number of carbonyl (C=O) groups is 2. The monoisotopic (exact) mass is 334 g/mol. The van der Waals surface area contributed by atoms with E-state index < -0.39 is 23.7 Å². The summed E-state index contributed by atoms with van der Waals surface area (Å²) >= 11 is 0. The molecule has 1 aromatic rings. The van der Waals surface area contributed by atoms with Gasteiger partial charge in [-0.15, -0.1) is 0 Å². The van der Waals surface area contributed by atoms with Crippen molar-refractivity contribution in [3.63, 3.8) is 0 Å². The highest BCUT2D eigenvalue weighted by molar-refractivity contribution is 5.81. The first-order valence-corrected chi connectivity index (χ1v) is 8.21. The number of ether oxygens (including phenoxy) is 2. The highest BCUT2D eigenvalue weighted by atomic mass is 16.6. The highest BCUT2D eigenvalue weighted by Crippen LogP contribution is 2.23. The number of rotatable bonds is 4. The van der Waals surface area contributed by atoms with Crippen LogP contribution in [0.15, 0.2) is 18.2 Å². The lowest BCUT2D eigenvalue weighted by atomic mass is 9.97. The number of fused-ring (bicyclic) bond motifs is 1. The molecule has 24 heavy (non-hydrogen) atoms. The largest absolute Gasteiger partial charge is 0.467 e. The molecule has 0 radical (unpaired) electrons. The summed E-state index contributed by atoms with van der Waals surface area (Å²) in [5.41, 5.74) is 2.73. The fourth-order valence-electron chi connectivity index (χ4n) is 2.68. The van der Waals surface area contributed by atoms with Gasteiger partial charge in [0, 0.05) is 18.7 Å². The third-order valence-corrected chi connectivity index (χ3v) is 3.72. The normalized spacial score (nSPS) is 14.8. The number of carbonyl (C=O) groups excluding carboxylic acids is 2. The Hall–Kier alpha value is -2.24. The zero-order chi connectivity index (χ0) is 17.7. The quantitative estimate of drug-likeness (QED) is 0.828. The number of esters is 1. The van der Waals surface area contributed by atoms with Gasteiger partial charge in [0.15, 0.2) is 0 Å². The number of hydrogen-bond donors (Lipinski definition) is 2. The van der Waals surface area contributed by atoms with E-state index in [2.05, 4.69) is 16.7 Å². The molecule has 132 valence electrons. The van der Waals surface area contributed by atoms with Crippen LogP contribution in [0.5, 0.6) is 0 Å². The number of alkyl carbamates (subject to hydrolysis) is 1. The number of benzene rings is 1. The first-order valence-electron chi connectivity index (χ1n) is 8.21. The lowest BCUT2D eigenvalue weighted by molar-refractivity contribution is -0.143. The predicted octanol–water partition coefficient (Wildman–Crippen LogP) is 2.65. The average molecular weight is 334 g/mol. The zero-order valence-corrected chi connectivity index (χ0v) is 14.8. The number of hydrogen-bond acceptors (Lipinski definition) is 5. The highest BCUT2D eigenvalue weighted by Gasteiger charge is 2.25. The minimum Gasteiger partial charge on any atom is -0.467 e. The van der Waals surface area contributed by atoms with Crippen molar-refractivity contribution in [3.05, 3.63) is 29.3 Å². The second-order valence-electron chi connectivity index (χ2n) is 6.95. The van der Waals surface area contributed by atoms with Crippen LogP contribution in [-0.2, 0) is 27.1 Å². The van der Waals surface area contributed by atoms with Gasteiger partial charge in [0.25, 0.3) is 0 Å². The van der Waals surface area contributed by atoms with Gasteiger partial charge in [-0.25, -0.2) is 9.59 Å². The Morgan fingerprint density at radius 1 is 1.33 bits per heavy atom. The molecule has 1 aliphatic heterocycles. The average Bonchev–Trinajstić information content (AvgIpc) is 2.51. The minimum atomic E-state index is -0.778. The Labute approximate surface area is 142 Å². The maximum absolute atomic E-state index is 12.0. The van der Waals surface area contributed by atoms with E-state index in [1.165, 1.54) is 12.7 Å². The summed E-state index contributed by atoms with van der Waals surface area (Å²) in [6, 6.07) is 5.28. The van der Waals surface area contributed by atoms with Crippen LogP contribution in [0.25, 0.3) is 0 Å². The van der Waals surface area contributed by atoms with Crippen molar-refractivity contribution in [3.8, 4) is 0 Å². The van der Waals surface area contributed by atoms with Crippen molar-refractivity contribution >= 4 is 17.7 Å². The van der Waals surface area contributed by atoms with Crippen LogP contribution in [0.4, 0.5) is 10.5 Å². The molecule has 0 saturated heterocycles. The summed E-state index contributed by atoms with van der Waals surface area (Å²) < 4.78 is 10.0. The summed E-state index contributed by atoms with van der Waals surface area (Å²) in [4.78, 5) is 24.0. The first kappa shape index (κ1) is 18.1. The van der Waals surface area contributed by atoms with Crippen molar-refractivity contribution in [2.24, 2.45) is 0 Å². The third-order valence-electron chi connectivity index (χ3n) is 3.72. The van der Waals surface area contributed by atoms with Crippen molar-refractivity contribution in [2.75, 3.05) is 19.0 Å². The summed E-state index contributed by atoms with van der Waals surface area (Å²) in [7, 11) is 1.31. The van der Waals surface area contributed by atoms with Crippen molar-refractivity contribution in [1.29, 1.82) is 0 Å². The van der Waals surface area contributed by atoms with E-state index in [1.54, 1.807) is 20.8 Å². The molecule has 0 saturated carbocycles. The summed E-state index contributed by atoms with van der Waals surface area (Å²) in [5.74, 6) is -0.489. The number of methoxy groups -OCH3 is 1. The van der Waals surface area contributed by atoms with Gasteiger partial charge in [0.1, 0.15) is 11.6 Å². The van der Waals surface area contributed by atoms with E-state index in [9.17, 15) is 9.59 Å².